The van der Waals surface area contributed by atoms with Gasteiger partial charge in [0.25, 0.3) is 0 Å². The zero-order valence-corrected chi connectivity index (χ0v) is 30.5. The second-order valence-electron chi connectivity index (χ2n) is 10.9. The van der Waals surface area contributed by atoms with Gasteiger partial charge in [0.15, 0.2) is 17.3 Å². The molecule has 0 N–H and O–H groups in total. The fraction of sp³-hybridized carbons (Fsp3) is 0.0213. The van der Waals surface area contributed by atoms with Crippen LogP contribution in [0.3, 0.4) is 0 Å². The summed E-state index contributed by atoms with van der Waals surface area (Å²) in [6, 6.07) is 20.3. The summed E-state index contributed by atoms with van der Waals surface area (Å²) in [5.41, 5.74) is 1.84. The lowest BCUT2D eigenvalue weighted by Gasteiger charge is -2.16. The predicted octanol–water partition coefficient (Wildman–Crippen LogP) is 7.06. The van der Waals surface area contributed by atoms with Crippen LogP contribution in [0.2, 0.25) is 0 Å². The molecule has 0 fully saturated rings. The van der Waals surface area contributed by atoms with E-state index in [4.69, 9.17) is 18.9 Å². The van der Waals surface area contributed by atoms with E-state index < -0.39 is 47.8 Å². The minimum absolute atomic E-state index is 0.0450. The van der Waals surface area contributed by atoms with Crippen LogP contribution in [0.1, 0.15) is 43.7 Å². The second-order valence-corrected chi connectivity index (χ2v) is 10.9. The Kier molecular flexibility index (Phi) is 15.3. The van der Waals surface area contributed by atoms with E-state index in [1.54, 1.807) is 60.7 Å². The van der Waals surface area contributed by atoms with Gasteiger partial charge in [0.2, 0.25) is 6.79 Å². The molecule has 0 radical (unpaired) electrons. The highest BCUT2D eigenvalue weighted by molar-refractivity contribution is 5.94. The molecule has 0 saturated carbocycles. The molecule has 0 heterocycles. The fourth-order valence-corrected chi connectivity index (χ4v) is 4.14. The number of hydrogen-bond acceptors (Lipinski definition) is 10. The van der Waals surface area contributed by atoms with E-state index in [-0.39, 0.29) is 22.8 Å². The third kappa shape index (κ3) is 12.7. The first-order valence-corrected chi connectivity index (χ1v) is 16.6. The number of rotatable bonds is 11. The van der Waals surface area contributed by atoms with Crippen molar-refractivity contribution in [1.82, 2.24) is 0 Å². The highest BCUT2D eigenvalue weighted by atomic mass is 19.1. The van der Waals surface area contributed by atoms with E-state index in [2.05, 4.69) is 90.1 Å². The molecule has 4 aromatic carbocycles. The molecule has 0 atom stereocenters. The molecule has 0 aliphatic rings. The average molecular weight is 773 g/mol. The van der Waals surface area contributed by atoms with Crippen LogP contribution in [-0.4, -0.2) is 30.7 Å². The number of hydrogen-bond donors (Lipinski definition) is 0. The predicted molar refractivity (Wildman–Crippen MR) is 211 cm³/mol. The fourth-order valence-electron chi connectivity index (χ4n) is 4.14. The summed E-state index contributed by atoms with van der Waals surface area (Å²) in [6.45, 7) is 16.5. The van der Waals surface area contributed by atoms with Gasteiger partial charge in [-0.2, -0.15) is 0 Å². The number of carbonyl (C=O) groups excluding carboxylic acids is 4. The second kappa shape index (κ2) is 21.2. The first-order chi connectivity index (χ1) is 28.0. The highest BCUT2D eigenvalue weighted by Gasteiger charge is 2.26. The van der Waals surface area contributed by atoms with Gasteiger partial charge >= 0.3 is 23.9 Å². The van der Waals surface area contributed by atoms with Gasteiger partial charge in [0.05, 0.1) is 0 Å². The Hall–Kier alpha value is -8.77. The Bertz CT molecular complexity index is 2550. The summed E-state index contributed by atoms with van der Waals surface area (Å²) in [5, 5.41) is 0. The van der Waals surface area contributed by atoms with Crippen molar-refractivity contribution in [2.24, 2.45) is 0 Å². The quantitative estimate of drug-likeness (QED) is 0.0298. The van der Waals surface area contributed by atoms with Gasteiger partial charge in [-0.25, -0.2) is 23.6 Å². The van der Waals surface area contributed by atoms with E-state index in [1.807, 2.05) is 0 Å². The molecular formula is C47H29FO10. The van der Waals surface area contributed by atoms with Crippen LogP contribution in [0.25, 0.3) is 0 Å². The summed E-state index contributed by atoms with van der Waals surface area (Å²) >= 11 is 0. The Morgan fingerprint density at radius 3 is 1.50 bits per heavy atom. The molecule has 0 amide bonds. The molecule has 4 aromatic rings. The van der Waals surface area contributed by atoms with Crippen molar-refractivity contribution in [1.29, 1.82) is 0 Å². The molecule has 0 saturated heterocycles. The van der Waals surface area contributed by atoms with E-state index in [0.717, 1.165) is 24.3 Å². The molecule has 10 nitrogen and oxygen atoms in total. The summed E-state index contributed by atoms with van der Waals surface area (Å²) in [7, 11) is 0. The van der Waals surface area contributed by atoms with Gasteiger partial charge in [-0.05, 0) is 90.7 Å². The molecule has 11 heteroatoms. The number of ether oxygens (including phenoxy) is 6. The van der Waals surface area contributed by atoms with Gasteiger partial charge < -0.3 is 28.4 Å². The largest absolute Gasteiger partial charge is 0.458 e. The molecular weight excluding hydrogens is 744 g/mol. The minimum Gasteiger partial charge on any atom is -0.458 e. The Morgan fingerprint density at radius 2 is 1.03 bits per heavy atom. The SMILES string of the molecule is C=CC(=C)OCOc1c(F)c(C(=O)Oc2ccc(C#Cc3ccc(C#COC(=O)C=C)cc3)cc2)cc(OC(=O)C=C)c1C#Cc1ccc(C#COC(=O)C=C)cc1. The Morgan fingerprint density at radius 1 is 0.586 bits per heavy atom. The summed E-state index contributed by atoms with van der Waals surface area (Å²) in [4.78, 5) is 48.2. The lowest BCUT2D eigenvalue weighted by Crippen LogP contribution is -2.15. The van der Waals surface area contributed by atoms with Crippen LogP contribution in [0.4, 0.5) is 4.39 Å². The average Bonchev–Trinajstić information content (AvgIpc) is 3.24. The first kappa shape index (κ1) is 42.0. The van der Waals surface area contributed by atoms with Crippen molar-refractivity contribution in [3.8, 4) is 65.0 Å². The summed E-state index contributed by atoms with van der Waals surface area (Å²) in [5.74, 6) is 11.4. The van der Waals surface area contributed by atoms with E-state index in [0.29, 0.717) is 27.8 Å². The zero-order chi connectivity index (χ0) is 41.9. The molecule has 284 valence electrons. The first-order valence-electron chi connectivity index (χ1n) is 16.6. The van der Waals surface area contributed by atoms with Crippen molar-refractivity contribution in [2.75, 3.05) is 6.79 Å². The van der Waals surface area contributed by atoms with Crippen molar-refractivity contribution >= 4 is 23.9 Å². The zero-order valence-electron chi connectivity index (χ0n) is 30.5. The van der Waals surface area contributed by atoms with Crippen LogP contribution >= 0.6 is 0 Å². The van der Waals surface area contributed by atoms with Gasteiger partial charge in [0.1, 0.15) is 34.8 Å². The molecule has 0 aromatic heterocycles. The van der Waals surface area contributed by atoms with E-state index >= 15 is 4.39 Å². The highest BCUT2D eigenvalue weighted by Crippen LogP contribution is 2.35. The molecule has 0 aliphatic heterocycles. The molecule has 0 aliphatic carbocycles. The molecule has 58 heavy (non-hydrogen) atoms. The van der Waals surface area contributed by atoms with Gasteiger partial charge in [-0.15, -0.1) is 0 Å². The number of esters is 4. The topological polar surface area (TPSA) is 124 Å². The maximum atomic E-state index is 16.3. The number of allylic oxidation sites excluding steroid dienone is 1. The van der Waals surface area contributed by atoms with Gasteiger partial charge in [-0.1, -0.05) is 56.6 Å². The molecule has 4 rings (SSSR count). The Labute approximate surface area is 333 Å². The number of benzene rings is 4. The van der Waals surface area contributed by atoms with Crippen molar-refractivity contribution in [3.63, 3.8) is 0 Å². The molecule has 0 unspecified atom stereocenters. The van der Waals surface area contributed by atoms with Crippen molar-refractivity contribution in [2.45, 2.75) is 0 Å². The maximum absolute atomic E-state index is 16.3. The maximum Gasteiger partial charge on any atom is 0.346 e. The van der Waals surface area contributed by atoms with Crippen LogP contribution < -0.4 is 14.2 Å². The number of carbonyl (C=O) groups is 4. The van der Waals surface area contributed by atoms with Crippen LogP contribution in [0.5, 0.6) is 17.2 Å². The third-order valence-electron chi connectivity index (χ3n) is 7.00. The monoisotopic (exact) mass is 772 g/mol. The molecule has 0 spiro atoms. The van der Waals surface area contributed by atoms with Crippen LogP contribution in [0.15, 0.2) is 142 Å². The van der Waals surface area contributed by atoms with Crippen molar-refractivity contribution in [3.05, 3.63) is 187 Å². The Balaban J connectivity index is 1.61. The minimum atomic E-state index is -1.20. The molecule has 0 bridgehead atoms. The van der Waals surface area contributed by atoms with Gasteiger partial charge in [0, 0.05) is 52.1 Å². The lowest BCUT2D eigenvalue weighted by molar-refractivity contribution is -0.132. The third-order valence-corrected chi connectivity index (χ3v) is 7.00. The normalized spacial score (nSPS) is 9.26. The van der Waals surface area contributed by atoms with Crippen molar-refractivity contribution < 1.29 is 52.0 Å². The smallest absolute Gasteiger partial charge is 0.346 e. The van der Waals surface area contributed by atoms with Gasteiger partial charge in [-0.3, -0.25) is 0 Å². The van der Waals surface area contributed by atoms with Crippen LogP contribution in [0, 0.1) is 53.6 Å². The van der Waals surface area contributed by atoms with Crippen LogP contribution in [-0.2, 0) is 28.6 Å². The lowest BCUT2D eigenvalue weighted by atomic mass is 10.1. The van der Waals surface area contributed by atoms with E-state index in [1.165, 1.54) is 18.2 Å². The summed E-state index contributed by atoms with van der Waals surface area (Å²) < 4.78 is 47.3. The summed E-state index contributed by atoms with van der Waals surface area (Å²) in [6.07, 6.45) is 8.68. The van der Waals surface area contributed by atoms with E-state index in [9.17, 15) is 19.2 Å². The number of halogens is 1. The standard InChI is InChI=1S/C47H29FO10/c1-6-32(5)55-31-56-46-39(25-22-34-14-18-37(19-15-34)27-29-54-43(50)8-3)41(58-44(51)9-4)30-40(45(46)48)47(52)57-38-23-20-35(21-24-38)11-10-33-12-16-36(17-13-33)26-28-53-42(49)7-2/h6-9,12-21,23-24,30H,1-5,31H2.